The molecular formula is C19H21N3O3S2. The van der Waals surface area contributed by atoms with Gasteiger partial charge in [0.25, 0.3) is 0 Å². The molecule has 1 N–H and O–H groups in total. The Morgan fingerprint density at radius 3 is 2.56 bits per heavy atom. The van der Waals surface area contributed by atoms with Gasteiger partial charge in [-0.1, -0.05) is 11.8 Å². The summed E-state index contributed by atoms with van der Waals surface area (Å²) < 4.78 is 4.82. The molecule has 0 aliphatic heterocycles. The molecule has 0 spiro atoms. The van der Waals surface area contributed by atoms with E-state index < -0.39 is 5.97 Å². The second-order valence-corrected chi connectivity index (χ2v) is 8.92. The smallest absolute Gasteiger partial charge is 0.339 e. The van der Waals surface area contributed by atoms with Crippen molar-refractivity contribution in [1.29, 1.82) is 0 Å². The van der Waals surface area contributed by atoms with Crippen LogP contribution in [0, 0.1) is 27.7 Å². The number of aromatic amines is 1. The number of thiophene rings is 1. The molecule has 3 rings (SSSR count). The molecule has 1 unspecified atom stereocenters. The topological polar surface area (TPSA) is 84.9 Å². The molecule has 3 aromatic heterocycles. The number of Topliss-reactive ketones (excluding diaryl/α,β-unsaturated/α-hetero) is 1. The third kappa shape index (κ3) is 3.39. The van der Waals surface area contributed by atoms with Crippen molar-refractivity contribution >= 4 is 45.1 Å². The summed E-state index contributed by atoms with van der Waals surface area (Å²) >= 11 is 3.04. The molecule has 8 heteroatoms. The van der Waals surface area contributed by atoms with Crippen LogP contribution in [0.5, 0.6) is 0 Å². The standard InChI is InChI=1S/C19H21N3O3S2/c1-8-11(4)26-17-14(8)18(21-7-20-17)27-12(5)16(23)15-9(2)13(10(3)22-15)19(24)25-6/h7,12,22H,1-6H3. The van der Waals surface area contributed by atoms with Crippen LogP contribution in [0.2, 0.25) is 0 Å². The molecule has 1 atom stereocenters. The van der Waals surface area contributed by atoms with Crippen molar-refractivity contribution in [3.8, 4) is 0 Å². The maximum atomic E-state index is 13.0. The van der Waals surface area contributed by atoms with Crippen LogP contribution in [0.15, 0.2) is 11.4 Å². The number of thioether (sulfide) groups is 1. The lowest BCUT2D eigenvalue weighted by molar-refractivity contribution is 0.0599. The maximum absolute atomic E-state index is 13.0. The van der Waals surface area contributed by atoms with Crippen molar-refractivity contribution in [2.24, 2.45) is 0 Å². The Labute approximate surface area is 165 Å². The zero-order chi connectivity index (χ0) is 19.9. The van der Waals surface area contributed by atoms with Crippen LogP contribution in [-0.4, -0.2) is 39.1 Å². The summed E-state index contributed by atoms with van der Waals surface area (Å²) in [7, 11) is 1.33. The third-order valence-electron chi connectivity index (χ3n) is 4.66. The highest BCUT2D eigenvalue weighted by Crippen LogP contribution is 2.36. The number of carbonyl (C=O) groups is 2. The number of aromatic nitrogens is 3. The van der Waals surface area contributed by atoms with E-state index in [0.717, 1.165) is 20.8 Å². The lowest BCUT2D eigenvalue weighted by atomic mass is 10.1. The number of aryl methyl sites for hydroxylation is 3. The monoisotopic (exact) mass is 403 g/mol. The second kappa shape index (κ2) is 7.44. The average Bonchev–Trinajstić information content (AvgIpc) is 3.10. The molecular weight excluding hydrogens is 382 g/mol. The Morgan fingerprint density at radius 1 is 1.19 bits per heavy atom. The lowest BCUT2D eigenvalue weighted by Crippen LogP contribution is -2.16. The molecule has 0 saturated carbocycles. The largest absolute Gasteiger partial charge is 0.465 e. The minimum Gasteiger partial charge on any atom is -0.465 e. The highest BCUT2D eigenvalue weighted by molar-refractivity contribution is 8.00. The summed E-state index contributed by atoms with van der Waals surface area (Å²) in [6, 6.07) is 0. The number of fused-ring (bicyclic) bond motifs is 1. The van der Waals surface area contributed by atoms with Gasteiger partial charge in [0.05, 0.1) is 23.6 Å². The van der Waals surface area contributed by atoms with E-state index in [9.17, 15) is 9.59 Å². The van der Waals surface area contributed by atoms with Gasteiger partial charge in [0.2, 0.25) is 0 Å². The first-order valence-electron chi connectivity index (χ1n) is 8.45. The van der Waals surface area contributed by atoms with E-state index in [1.807, 2.05) is 6.92 Å². The van der Waals surface area contributed by atoms with Gasteiger partial charge >= 0.3 is 5.97 Å². The normalized spacial score (nSPS) is 12.4. The maximum Gasteiger partial charge on any atom is 0.339 e. The number of H-pyrrole nitrogens is 1. The molecule has 0 bridgehead atoms. The highest BCUT2D eigenvalue weighted by Gasteiger charge is 2.27. The number of esters is 1. The number of carbonyl (C=O) groups excluding carboxylic acids is 2. The number of nitrogens with zero attached hydrogens (tertiary/aromatic N) is 2. The molecule has 6 nitrogen and oxygen atoms in total. The molecule has 0 radical (unpaired) electrons. The van der Waals surface area contributed by atoms with Crippen LogP contribution >= 0.6 is 23.1 Å². The molecule has 0 aromatic carbocycles. The molecule has 27 heavy (non-hydrogen) atoms. The van der Waals surface area contributed by atoms with Crippen molar-refractivity contribution in [3.05, 3.63) is 39.3 Å². The van der Waals surface area contributed by atoms with Crippen LogP contribution in [0.1, 0.15) is 49.5 Å². The number of methoxy groups -OCH3 is 1. The van der Waals surface area contributed by atoms with Gasteiger partial charge < -0.3 is 9.72 Å². The lowest BCUT2D eigenvalue weighted by Gasteiger charge is -2.10. The van der Waals surface area contributed by atoms with E-state index in [-0.39, 0.29) is 11.0 Å². The van der Waals surface area contributed by atoms with E-state index in [1.165, 1.54) is 30.1 Å². The van der Waals surface area contributed by atoms with Crippen LogP contribution in [0.3, 0.4) is 0 Å². The fourth-order valence-electron chi connectivity index (χ4n) is 3.07. The number of rotatable bonds is 5. The van der Waals surface area contributed by atoms with Gasteiger partial charge in [-0.3, -0.25) is 4.79 Å². The Bertz CT molecular complexity index is 1050. The number of ketones is 1. The van der Waals surface area contributed by atoms with Gasteiger partial charge in [-0.05, 0) is 45.7 Å². The predicted molar refractivity (Wildman–Crippen MR) is 108 cm³/mol. The predicted octanol–water partition coefficient (Wildman–Crippen LogP) is 4.40. The van der Waals surface area contributed by atoms with Gasteiger partial charge in [0.1, 0.15) is 16.2 Å². The van der Waals surface area contributed by atoms with Gasteiger partial charge in [-0.25, -0.2) is 14.8 Å². The van der Waals surface area contributed by atoms with Crippen LogP contribution < -0.4 is 0 Å². The van der Waals surface area contributed by atoms with Crippen LogP contribution in [0.4, 0.5) is 0 Å². The summed E-state index contributed by atoms with van der Waals surface area (Å²) in [6.07, 6.45) is 1.54. The second-order valence-electron chi connectivity index (χ2n) is 6.38. The van der Waals surface area contributed by atoms with Crippen LogP contribution in [0.25, 0.3) is 10.2 Å². The van der Waals surface area contributed by atoms with E-state index in [4.69, 9.17) is 4.74 Å². The quantitative estimate of drug-likeness (QED) is 0.294. The van der Waals surface area contributed by atoms with Gasteiger partial charge in [-0.15, -0.1) is 11.3 Å². The van der Waals surface area contributed by atoms with Crippen molar-refractivity contribution in [3.63, 3.8) is 0 Å². The number of nitrogens with one attached hydrogen (secondary N) is 1. The highest BCUT2D eigenvalue weighted by atomic mass is 32.2. The van der Waals surface area contributed by atoms with Crippen molar-refractivity contribution < 1.29 is 14.3 Å². The fraction of sp³-hybridized carbons (Fsp3) is 0.368. The summed E-state index contributed by atoms with van der Waals surface area (Å²) in [6.45, 7) is 9.48. The zero-order valence-corrected chi connectivity index (χ0v) is 17.7. The van der Waals surface area contributed by atoms with E-state index in [0.29, 0.717) is 22.5 Å². The average molecular weight is 404 g/mol. The number of hydrogen-bond donors (Lipinski definition) is 1. The molecule has 0 aliphatic carbocycles. The number of ether oxygens (including phenoxy) is 1. The first-order valence-corrected chi connectivity index (χ1v) is 10.1. The first kappa shape index (κ1) is 19.6. The molecule has 0 aliphatic rings. The third-order valence-corrected chi connectivity index (χ3v) is 6.88. The summed E-state index contributed by atoms with van der Waals surface area (Å²) in [4.78, 5) is 38.9. The first-order chi connectivity index (χ1) is 12.8. The van der Waals surface area contributed by atoms with Crippen molar-refractivity contribution in [2.75, 3.05) is 7.11 Å². The molecule has 0 saturated heterocycles. The van der Waals surface area contributed by atoms with E-state index >= 15 is 0 Å². The Kier molecular flexibility index (Phi) is 5.39. The summed E-state index contributed by atoms with van der Waals surface area (Å²) in [5, 5.41) is 1.45. The van der Waals surface area contributed by atoms with Crippen LogP contribution in [-0.2, 0) is 4.74 Å². The molecule has 142 valence electrons. The minimum atomic E-state index is -0.442. The Balaban J connectivity index is 1.93. The number of hydrogen-bond acceptors (Lipinski definition) is 7. The summed E-state index contributed by atoms with van der Waals surface area (Å²) in [5.41, 5.74) is 3.27. The SMILES string of the molecule is COC(=O)c1c(C)[nH]c(C(=O)C(C)Sc2ncnc3sc(C)c(C)c23)c1C. The molecule has 3 heterocycles. The van der Waals surface area contributed by atoms with Gasteiger partial charge in [0, 0.05) is 16.0 Å². The molecule has 0 fully saturated rings. The van der Waals surface area contributed by atoms with Gasteiger partial charge in [-0.2, -0.15) is 0 Å². The molecule has 0 amide bonds. The van der Waals surface area contributed by atoms with Crippen molar-refractivity contribution in [2.45, 2.75) is 44.9 Å². The minimum absolute atomic E-state index is 0.0767. The van der Waals surface area contributed by atoms with Crippen molar-refractivity contribution in [1.82, 2.24) is 15.0 Å². The fourth-order valence-corrected chi connectivity index (χ4v) is 5.17. The Morgan fingerprint density at radius 2 is 1.89 bits per heavy atom. The van der Waals surface area contributed by atoms with Gasteiger partial charge in [0.15, 0.2) is 5.78 Å². The van der Waals surface area contributed by atoms with E-state index in [2.05, 4.69) is 28.8 Å². The Hall–Kier alpha value is -2.19. The van der Waals surface area contributed by atoms with E-state index in [1.54, 1.807) is 25.2 Å². The summed E-state index contributed by atoms with van der Waals surface area (Å²) in [5.74, 6) is -0.519. The molecule has 3 aromatic rings. The zero-order valence-electron chi connectivity index (χ0n) is 16.1.